The standard InChI is InChI=1S/C53H72N6O12S/c1-8-33-28-53(33,48(65)58-72(67,68)52(7)21-22-52)57-45(63)38-27-34-30-59(38)47(64)44(50(2,3)4)56-49(66)71-42-26-32(42)15-10-9-11-17-36-43(35-16-12-13-18-37(35)55-46(36)70-34)69-24-14-23-54-51(5,6)29-41(62)31-19-20-39(60)40(61)25-31/h8,12-13,16,18-20,25,32-34,38,41-42,44,54,60-62H,1,9-11,14-15,17,21-24,26-30H2,2-7H3,(H,56,66)(H,57,63)(H,58,65)/t32-,33-,34-,38+,41?,42-,44-,53-/m1/s1. The minimum Gasteiger partial charge on any atom is -0.504 e. The van der Waals surface area contributed by atoms with Crippen LogP contribution in [0.25, 0.3) is 10.9 Å². The largest absolute Gasteiger partial charge is 0.504 e. The molecular formula is C53H72N6O12S. The van der Waals surface area contributed by atoms with Crippen molar-refractivity contribution in [3.63, 3.8) is 0 Å². The van der Waals surface area contributed by atoms with Crippen LogP contribution in [0.5, 0.6) is 23.1 Å². The zero-order valence-electron chi connectivity index (χ0n) is 42.3. The lowest BCUT2D eigenvalue weighted by molar-refractivity contribution is -0.142. The first-order valence-electron chi connectivity index (χ1n) is 25.4. The van der Waals surface area contributed by atoms with Crippen LogP contribution in [0.2, 0.25) is 0 Å². The van der Waals surface area contributed by atoms with Gasteiger partial charge >= 0.3 is 6.09 Å². The number of hydrogen-bond donors (Lipinski definition) is 7. The summed E-state index contributed by atoms with van der Waals surface area (Å²) in [5.74, 6) is -2.12. The van der Waals surface area contributed by atoms with Crippen molar-refractivity contribution < 1.29 is 57.1 Å². The third-order valence-electron chi connectivity index (χ3n) is 15.2. The number of carbonyl (C=O) groups excluding carboxylic acids is 4. The number of benzene rings is 2. The molecule has 1 unspecified atom stereocenters. The van der Waals surface area contributed by atoms with E-state index in [1.54, 1.807) is 33.8 Å². The molecule has 3 saturated carbocycles. The Morgan fingerprint density at radius 2 is 1.79 bits per heavy atom. The van der Waals surface area contributed by atoms with E-state index < -0.39 is 85.3 Å². The third-order valence-corrected chi connectivity index (χ3v) is 17.3. The van der Waals surface area contributed by atoms with Gasteiger partial charge in [-0.25, -0.2) is 18.2 Å². The molecule has 8 rings (SSSR count). The number of aromatic hydroxyl groups is 2. The molecule has 72 heavy (non-hydrogen) atoms. The summed E-state index contributed by atoms with van der Waals surface area (Å²) in [6, 6.07) is 9.55. The number of rotatable bonds is 15. The number of para-hydroxylation sites is 1. The van der Waals surface area contributed by atoms with Crippen molar-refractivity contribution in [1.82, 2.24) is 30.6 Å². The van der Waals surface area contributed by atoms with E-state index in [-0.39, 0.29) is 42.9 Å². The zero-order valence-corrected chi connectivity index (χ0v) is 43.1. The molecule has 18 nitrogen and oxygen atoms in total. The van der Waals surface area contributed by atoms with Crippen LogP contribution in [0.4, 0.5) is 4.79 Å². The molecule has 2 aromatic carbocycles. The van der Waals surface area contributed by atoms with Gasteiger partial charge in [0.15, 0.2) is 11.5 Å². The lowest BCUT2D eigenvalue weighted by Crippen LogP contribution is -2.60. The second-order valence-corrected chi connectivity index (χ2v) is 24.8. The second kappa shape index (κ2) is 20.3. The molecule has 1 saturated heterocycles. The molecule has 0 radical (unpaired) electrons. The molecule has 3 heterocycles. The molecule has 19 heteroatoms. The first kappa shape index (κ1) is 52.7. The van der Waals surface area contributed by atoms with E-state index >= 15 is 0 Å². The van der Waals surface area contributed by atoms with E-state index in [9.17, 15) is 42.9 Å². The number of aliphatic hydroxyl groups is 1. The van der Waals surface area contributed by atoms with Gasteiger partial charge in [-0.05, 0) is 126 Å². The molecule has 2 bridgehead atoms. The van der Waals surface area contributed by atoms with E-state index in [0.29, 0.717) is 68.0 Å². The van der Waals surface area contributed by atoms with E-state index in [0.717, 1.165) is 43.1 Å². The highest BCUT2D eigenvalue weighted by Gasteiger charge is 2.63. The summed E-state index contributed by atoms with van der Waals surface area (Å²) in [7, 11) is -4.05. The van der Waals surface area contributed by atoms with Crippen molar-refractivity contribution >= 4 is 44.7 Å². The van der Waals surface area contributed by atoms with Crippen LogP contribution in [0.3, 0.4) is 0 Å². The van der Waals surface area contributed by atoms with Gasteiger partial charge in [-0.3, -0.25) is 19.1 Å². The van der Waals surface area contributed by atoms with Gasteiger partial charge in [-0.2, -0.15) is 0 Å². The number of phenols is 2. The number of fused-ring (bicyclic) bond motifs is 5. The van der Waals surface area contributed by atoms with Crippen LogP contribution in [0.1, 0.15) is 129 Å². The predicted molar refractivity (Wildman–Crippen MR) is 269 cm³/mol. The number of aromatic nitrogens is 1. The molecule has 5 aliphatic rings. The Labute approximate surface area is 422 Å². The molecule has 3 aromatic rings. The van der Waals surface area contributed by atoms with E-state index in [4.69, 9.17) is 19.2 Å². The van der Waals surface area contributed by atoms with Gasteiger partial charge in [0.2, 0.25) is 27.7 Å². The number of ether oxygens (including phenoxy) is 3. The highest BCUT2D eigenvalue weighted by Crippen LogP contribution is 2.48. The average molecular weight is 1020 g/mol. The zero-order chi connectivity index (χ0) is 52.0. The van der Waals surface area contributed by atoms with Gasteiger partial charge in [0.05, 0.1) is 35.1 Å². The number of sulfonamides is 1. The monoisotopic (exact) mass is 1020 g/mol. The summed E-state index contributed by atoms with van der Waals surface area (Å²) in [4.78, 5) is 63.5. The highest BCUT2D eigenvalue weighted by molar-refractivity contribution is 7.91. The Balaban J connectivity index is 1.06. The molecular weight excluding hydrogens is 945 g/mol. The first-order valence-corrected chi connectivity index (χ1v) is 26.9. The topological polar surface area (TPSA) is 255 Å². The Morgan fingerprint density at radius 3 is 2.49 bits per heavy atom. The van der Waals surface area contributed by atoms with Crippen molar-refractivity contribution in [2.24, 2.45) is 17.3 Å². The SMILES string of the molecule is C=C[C@@H]1C[C@]1(NC(=O)[C@@H]1C[C@@H]2CN1C(=O)[C@H](C(C)(C)C)NC(=O)O[C@@H]1C[C@H]1CCCCCc1c(nc3ccccc3c1OCCCNC(C)(C)CC(O)c1ccc(O)c(O)c1)O2)C(=O)NS(=O)(=O)C1(C)CC1. The van der Waals surface area contributed by atoms with Crippen LogP contribution in [-0.4, -0.2) is 117 Å². The summed E-state index contributed by atoms with van der Waals surface area (Å²) >= 11 is 0. The molecule has 2 aliphatic heterocycles. The number of carbonyl (C=O) groups is 4. The fourth-order valence-electron chi connectivity index (χ4n) is 10.1. The Morgan fingerprint density at radius 1 is 1.04 bits per heavy atom. The van der Waals surface area contributed by atoms with Crippen molar-refractivity contribution in [3.8, 4) is 23.1 Å². The van der Waals surface area contributed by atoms with Gasteiger partial charge < -0.3 is 50.4 Å². The molecule has 7 N–H and O–H groups in total. The minimum absolute atomic E-state index is 0.0241. The maximum atomic E-state index is 15.0. The van der Waals surface area contributed by atoms with Crippen molar-refractivity contribution in [2.75, 3.05) is 19.7 Å². The number of phenolic OH excluding ortho intramolecular Hbond substituents is 2. The lowest BCUT2D eigenvalue weighted by Gasteiger charge is -2.35. The summed E-state index contributed by atoms with van der Waals surface area (Å²) in [5.41, 5.74) is -1.12. The van der Waals surface area contributed by atoms with Gasteiger partial charge in [0, 0.05) is 23.3 Å². The minimum atomic E-state index is -4.05. The Bertz CT molecular complexity index is 2690. The first-order chi connectivity index (χ1) is 33.9. The summed E-state index contributed by atoms with van der Waals surface area (Å²) in [5, 5.41) is 40.7. The van der Waals surface area contributed by atoms with Crippen LogP contribution >= 0.6 is 0 Å². The van der Waals surface area contributed by atoms with E-state index in [1.165, 1.54) is 23.1 Å². The maximum Gasteiger partial charge on any atom is 0.408 e. The number of nitrogens with zero attached hydrogens (tertiary/aromatic N) is 2. The van der Waals surface area contributed by atoms with Gasteiger partial charge in [-0.15, -0.1) is 6.58 Å². The van der Waals surface area contributed by atoms with Crippen molar-refractivity contribution in [1.29, 1.82) is 0 Å². The number of nitrogens with one attached hydrogen (secondary N) is 4. The normalized spacial score (nSPS) is 26.8. The Kier molecular flexibility index (Phi) is 14.9. The molecule has 392 valence electrons. The number of aliphatic hydroxyl groups excluding tert-OH is 1. The van der Waals surface area contributed by atoms with E-state index in [2.05, 4.69) is 27.3 Å². The third kappa shape index (κ3) is 11.6. The van der Waals surface area contributed by atoms with Crippen LogP contribution in [-0.2, 0) is 35.6 Å². The second-order valence-electron chi connectivity index (χ2n) is 22.6. The van der Waals surface area contributed by atoms with Gasteiger partial charge in [0.1, 0.15) is 35.6 Å². The Hall–Kier alpha value is -5.66. The lowest BCUT2D eigenvalue weighted by atomic mass is 9.85. The van der Waals surface area contributed by atoms with Gasteiger partial charge in [0.25, 0.3) is 5.91 Å². The number of alkyl carbamates (subject to hydrolysis) is 1. The molecule has 4 amide bonds. The summed E-state index contributed by atoms with van der Waals surface area (Å²) in [6.45, 7) is 15.6. The van der Waals surface area contributed by atoms with Crippen LogP contribution in [0.15, 0.2) is 55.1 Å². The molecule has 8 atom stereocenters. The number of hydrogen-bond acceptors (Lipinski definition) is 14. The average Bonchev–Trinajstić information content (AvgIpc) is 4.28. The van der Waals surface area contributed by atoms with Crippen LogP contribution in [0, 0.1) is 17.3 Å². The van der Waals surface area contributed by atoms with E-state index in [1.807, 2.05) is 38.1 Å². The fraction of sp³-hybridized carbons (Fsp3) is 0.604. The molecule has 1 aromatic heterocycles. The maximum absolute atomic E-state index is 15.0. The predicted octanol–water partition coefficient (Wildman–Crippen LogP) is 5.96. The molecule has 0 spiro atoms. The quantitative estimate of drug-likeness (QED) is 0.0527. The van der Waals surface area contributed by atoms with Crippen molar-refractivity contribution in [2.45, 2.75) is 165 Å². The number of pyridine rings is 1. The smallest absolute Gasteiger partial charge is 0.408 e. The highest BCUT2D eigenvalue weighted by atomic mass is 32.2. The van der Waals surface area contributed by atoms with Crippen molar-refractivity contribution in [3.05, 3.63) is 66.2 Å². The van der Waals surface area contributed by atoms with Crippen LogP contribution < -0.4 is 30.1 Å². The molecule has 4 fully saturated rings. The number of amides is 4. The van der Waals surface area contributed by atoms with Gasteiger partial charge in [-0.1, -0.05) is 57.9 Å². The molecule has 3 aliphatic carbocycles. The fourth-order valence-corrected chi connectivity index (χ4v) is 11.4. The summed E-state index contributed by atoms with van der Waals surface area (Å²) in [6.07, 6.45) is 5.30. The summed E-state index contributed by atoms with van der Waals surface area (Å²) < 4.78 is 47.0.